The fourth-order valence-corrected chi connectivity index (χ4v) is 4.26. The second-order valence-corrected chi connectivity index (χ2v) is 7.24. The second kappa shape index (κ2) is 6.13. The molecule has 1 aromatic carbocycles. The molecule has 1 aliphatic heterocycles. The van der Waals surface area contributed by atoms with Crippen molar-refractivity contribution in [3.05, 3.63) is 28.3 Å². The molecule has 1 fully saturated rings. The molecule has 1 aliphatic rings. The average molecular weight is 344 g/mol. The van der Waals surface area contributed by atoms with E-state index in [1.807, 2.05) is 0 Å². The highest BCUT2D eigenvalue weighted by Crippen LogP contribution is 2.34. The van der Waals surface area contributed by atoms with Crippen LogP contribution in [0.3, 0.4) is 0 Å². The van der Waals surface area contributed by atoms with Crippen LogP contribution in [0.2, 0.25) is 0 Å². The Morgan fingerprint density at radius 3 is 2.57 bits per heavy atom. The van der Waals surface area contributed by atoms with Gasteiger partial charge < -0.3 is 9.84 Å². The lowest BCUT2D eigenvalue weighted by Crippen LogP contribution is -2.30. The number of nitro groups is 1. The highest BCUT2D eigenvalue weighted by Gasteiger charge is 2.41. The van der Waals surface area contributed by atoms with Gasteiger partial charge in [0.05, 0.1) is 24.0 Å². The van der Waals surface area contributed by atoms with Crippen LogP contribution in [-0.2, 0) is 14.8 Å². The number of carbonyl (C=O) groups is 1. The van der Waals surface area contributed by atoms with Gasteiger partial charge in [0, 0.05) is 19.2 Å². The predicted octanol–water partition coefficient (Wildman–Crippen LogP) is 0.945. The van der Waals surface area contributed by atoms with Crippen molar-refractivity contribution in [2.75, 3.05) is 20.2 Å². The first-order valence-corrected chi connectivity index (χ1v) is 8.18. The Labute approximate surface area is 132 Å². The fourth-order valence-electron chi connectivity index (χ4n) is 2.56. The maximum Gasteiger partial charge on any atom is 0.308 e. The zero-order chi connectivity index (χ0) is 17.4. The summed E-state index contributed by atoms with van der Waals surface area (Å²) in [5, 5.41) is 19.9. The van der Waals surface area contributed by atoms with Crippen LogP contribution in [0.1, 0.15) is 6.92 Å². The Morgan fingerprint density at radius 2 is 2.09 bits per heavy atom. The standard InChI is InChI=1S/C13H16N2O7S/c1-8-6-14(7-10(8)13(16)17)23(20,21)12-4-3-9(15(18)19)5-11(12)22-2/h3-5,8,10H,6-7H2,1-2H3,(H,16,17)/t8-,10-/m1/s1. The van der Waals surface area contributed by atoms with E-state index in [0.717, 1.165) is 22.5 Å². The molecule has 23 heavy (non-hydrogen) atoms. The summed E-state index contributed by atoms with van der Waals surface area (Å²) in [6.45, 7) is 1.60. The van der Waals surface area contributed by atoms with Crippen LogP contribution in [0.25, 0.3) is 0 Å². The zero-order valence-electron chi connectivity index (χ0n) is 12.5. The minimum atomic E-state index is -4.00. The van der Waals surface area contributed by atoms with E-state index in [4.69, 9.17) is 9.84 Å². The number of nitro benzene ring substituents is 1. The van der Waals surface area contributed by atoms with Gasteiger partial charge in [-0.1, -0.05) is 6.92 Å². The molecule has 9 nitrogen and oxygen atoms in total. The van der Waals surface area contributed by atoms with Crippen molar-refractivity contribution in [1.82, 2.24) is 4.31 Å². The Kier molecular flexibility index (Phi) is 4.57. The quantitative estimate of drug-likeness (QED) is 0.622. The highest BCUT2D eigenvalue weighted by atomic mass is 32.2. The lowest BCUT2D eigenvalue weighted by Gasteiger charge is -2.17. The van der Waals surface area contributed by atoms with Crippen molar-refractivity contribution < 1.29 is 28.0 Å². The van der Waals surface area contributed by atoms with Gasteiger partial charge in [-0.3, -0.25) is 14.9 Å². The monoisotopic (exact) mass is 344 g/mol. The molecule has 2 rings (SSSR count). The zero-order valence-corrected chi connectivity index (χ0v) is 13.3. The molecule has 1 aromatic rings. The molecular weight excluding hydrogens is 328 g/mol. The van der Waals surface area contributed by atoms with Crippen LogP contribution in [-0.4, -0.2) is 48.9 Å². The van der Waals surface area contributed by atoms with Crippen LogP contribution < -0.4 is 4.74 Å². The number of carboxylic acid groups (broad SMARTS) is 1. The normalized spacial score (nSPS) is 22.0. The number of aliphatic carboxylic acids is 1. The van der Waals surface area contributed by atoms with Crippen molar-refractivity contribution in [3.63, 3.8) is 0 Å². The number of ether oxygens (including phenoxy) is 1. The summed E-state index contributed by atoms with van der Waals surface area (Å²) in [6.07, 6.45) is 0. The number of hydrogen-bond donors (Lipinski definition) is 1. The summed E-state index contributed by atoms with van der Waals surface area (Å²) < 4.78 is 31.4. The van der Waals surface area contributed by atoms with E-state index in [-0.39, 0.29) is 35.3 Å². The van der Waals surface area contributed by atoms with Gasteiger partial charge in [0.1, 0.15) is 10.6 Å². The smallest absolute Gasteiger partial charge is 0.308 e. The van der Waals surface area contributed by atoms with E-state index in [1.165, 1.54) is 7.11 Å². The molecule has 2 atom stereocenters. The van der Waals surface area contributed by atoms with Crippen LogP contribution in [0.4, 0.5) is 5.69 Å². The Bertz CT molecular complexity index is 747. The number of non-ortho nitro benzene ring substituents is 1. The number of hydrogen-bond acceptors (Lipinski definition) is 6. The van der Waals surface area contributed by atoms with Gasteiger partial charge in [0.2, 0.25) is 10.0 Å². The summed E-state index contributed by atoms with van der Waals surface area (Å²) in [6, 6.07) is 3.20. The fraction of sp³-hybridized carbons (Fsp3) is 0.462. The number of rotatable bonds is 5. The first-order chi connectivity index (χ1) is 10.7. The van der Waals surface area contributed by atoms with E-state index in [2.05, 4.69) is 0 Å². The van der Waals surface area contributed by atoms with Crippen molar-refractivity contribution >= 4 is 21.7 Å². The number of nitrogens with zero attached hydrogens (tertiary/aromatic N) is 2. The van der Waals surface area contributed by atoms with Gasteiger partial charge in [-0.2, -0.15) is 4.31 Å². The third-order valence-electron chi connectivity index (χ3n) is 3.87. The van der Waals surface area contributed by atoms with Gasteiger partial charge in [-0.25, -0.2) is 8.42 Å². The number of sulfonamides is 1. The Hall–Kier alpha value is -2.20. The minimum Gasteiger partial charge on any atom is -0.495 e. The van der Waals surface area contributed by atoms with Gasteiger partial charge in [0.15, 0.2) is 0 Å². The Morgan fingerprint density at radius 1 is 1.43 bits per heavy atom. The number of benzene rings is 1. The predicted molar refractivity (Wildman–Crippen MR) is 78.7 cm³/mol. The van der Waals surface area contributed by atoms with Crippen LogP contribution >= 0.6 is 0 Å². The second-order valence-electron chi connectivity index (χ2n) is 5.34. The summed E-state index contributed by atoms with van der Waals surface area (Å²) in [5.74, 6) is -2.31. The van der Waals surface area contributed by atoms with Crippen molar-refractivity contribution in [2.45, 2.75) is 11.8 Å². The SMILES string of the molecule is COc1cc([N+](=O)[O-])ccc1S(=O)(=O)N1C[C@@H](C)[C@H](C(=O)O)C1. The van der Waals surface area contributed by atoms with Crippen molar-refractivity contribution in [3.8, 4) is 5.75 Å². The van der Waals surface area contributed by atoms with Crippen LogP contribution in [0.15, 0.2) is 23.1 Å². The van der Waals surface area contributed by atoms with Crippen LogP contribution in [0, 0.1) is 22.0 Å². The molecular formula is C13H16N2O7S. The molecule has 1 heterocycles. The van der Waals surface area contributed by atoms with E-state index in [1.54, 1.807) is 6.92 Å². The van der Waals surface area contributed by atoms with E-state index < -0.39 is 26.8 Å². The van der Waals surface area contributed by atoms with E-state index in [9.17, 15) is 23.3 Å². The molecule has 0 spiro atoms. The molecule has 0 radical (unpaired) electrons. The minimum absolute atomic E-state index is 0.0689. The first-order valence-electron chi connectivity index (χ1n) is 6.74. The number of methoxy groups -OCH3 is 1. The lowest BCUT2D eigenvalue weighted by molar-refractivity contribution is -0.385. The van der Waals surface area contributed by atoms with E-state index in [0.29, 0.717) is 0 Å². The maximum absolute atomic E-state index is 12.7. The Balaban J connectivity index is 2.41. The van der Waals surface area contributed by atoms with Crippen LogP contribution in [0.5, 0.6) is 5.75 Å². The number of carboxylic acids is 1. The third-order valence-corrected chi connectivity index (χ3v) is 5.74. The molecule has 1 saturated heterocycles. The summed E-state index contributed by atoms with van der Waals surface area (Å²) in [4.78, 5) is 21.0. The largest absolute Gasteiger partial charge is 0.495 e. The van der Waals surface area contributed by atoms with Gasteiger partial charge >= 0.3 is 5.97 Å². The third kappa shape index (κ3) is 3.13. The lowest BCUT2D eigenvalue weighted by atomic mass is 9.99. The maximum atomic E-state index is 12.7. The molecule has 1 N–H and O–H groups in total. The summed E-state index contributed by atoms with van der Waals surface area (Å²) in [7, 11) is -2.79. The van der Waals surface area contributed by atoms with Crippen molar-refractivity contribution in [2.24, 2.45) is 11.8 Å². The summed E-state index contributed by atoms with van der Waals surface area (Å²) >= 11 is 0. The van der Waals surface area contributed by atoms with Gasteiger partial charge in [0.25, 0.3) is 5.69 Å². The molecule has 0 amide bonds. The first kappa shape index (κ1) is 17.2. The molecule has 0 bridgehead atoms. The summed E-state index contributed by atoms with van der Waals surface area (Å²) in [5.41, 5.74) is -0.293. The molecule has 0 aromatic heterocycles. The molecule has 0 aliphatic carbocycles. The molecule has 126 valence electrons. The molecule has 0 unspecified atom stereocenters. The van der Waals surface area contributed by atoms with Crippen molar-refractivity contribution in [1.29, 1.82) is 0 Å². The average Bonchev–Trinajstić information content (AvgIpc) is 2.89. The topological polar surface area (TPSA) is 127 Å². The molecule has 0 saturated carbocycles. The van der Waals surface area contributed by atoms with Gasteiger partial charge in [-0.05, 0) is 12.0 Å². The van der Waals surface area contributed by atoms with E-state index >= 15 is 0 Å². The molecule has 10 heteroatoms. The van der Waals surface area contributed by atoms with Gasteiger partial charge in [-0.15, -0.1) is 0 Å². The highest BCUT2D eigenvalue weighted by molar-refractivity contribution is 7.89.